The van der Waals surface area contributed by atoms with Gasteiger partial charge in [0.25, 0.3) is 5.91 Å². The van der Waals surface area contributed by atoms with E-state index in [9.17, 15) is 22.4 Å². The first-order valence-electron chi connectivity index (χ1n) is 9.80. The lowest BCUT2D eigenvalue weighted by molar-refractivity contribution is -0.121. The summed E-state index contributed by atoms with van der Waals surface area (Å²) < 4.78 is 40.0. The second-order valence-electron chi connectivity index (χ2n) is 7.46. The summed E-state index contributed by atoms with van der Waals surface area (Å²) in [6.45, 7) is 0.677. The predicted octanol–water partition coefficient (Wildman–Crippen LogP) is 1.90. The van der Waals surface area contributed by atoms with Gasteiger partial charge in [-0.3, -0.25) is 9.59 Å². The highest BCUT2D eigenvalue weighted by atomic mass is 32.2. The third-order valence-corrected chi connectivity index (χ3v) is 7.42. The minimum absolute atomic E-state index is 0.0265. The molecule has 0 aliphatic carbocycles. The summed E-state index contributed by atoms with van der Waals surface area (Å²) in [6.07, 6.45) is 1.11. The van der Waals surface area contributed by atoms with Crippen molar-refractivity contribution < 1.29 is 22.4 Å². The molecule has 2 aromatic carbocycles. The highest BCUT2D eigenvalue weighted by molar-refractivity contribution is 7.89. The predicted molar refractivity (Wildman–Crippen MR) is 109 cm³/mol. The number of imide groups is 1. The third-order valence-electron chi connectivity index (χ3n) is 5.50. The number of nitrogens with one attached hydrogen (secondary N) is 1. The number of rotatable bonds is 5. The molecule has 2 amide bonds. The van der Waals surface area contributed by atoms with Gasteiger partial charge < -0.3 is 5.32 Å². The van der Waals surface area contributed by atoms with Gasteiger partial charge in [0, 0.05) is 19.1 Å². The molecule has 158 valence electrons. The minimum atomic E-state index is -3.53. The van der Waals surface area contributed by atoms with E-state index in [2.05, 4.69) is 5.32 Å². The van der Waals surface area contributed by atoms with Crippen molar-refractivity contribution in [3.05, 3.63) is 60.4 Å². The second kappa shape index (κ2) is 8.25. The first kappa shape index (κ1) is 20.6. The first-order valence-corrected chi connectivity index (χ1v) is 11.2. The van der Waals surface area contributed by atoms with E-state index in [1.807, 2.05) is 0 Å². The molecule has 2 fully saturated rings. The molecule has 0 saturated carbocycles. The third kappa shape index (κ3) is 4.00. The highest BCUT2D eigenvalue weighted by Gasteiger charge is 2.41. The molecule has 0 bridgehead atoms. The maximum atomic E-state index is 13.1. The van der Waals surface area contributed by atoms with Crippen LogP contribution in [-0.2, 0) is 19.6 Å². The fourth-order valence-corrected chi connectivity index (χ4v) is 5.40. The number of piperidine rings is 1. The quantitative estimate of drug-likeness (QED) is 0.731. The number of sulfonamides is 1. The van der Waals surface area contributed by atoms with Crippen LogP contribution in [0.4, 0.5) is 10.1 Å². The van der Waals surface area contributed by atoms with Crippen molar-refractivity contribution in [3.8, 4) is 0 Å². The zero-order valence-electron chi connectivity index (χ0n) is 16.2. The topological polar surface area (TPSA) is 86.8 Å². The molecule has 0 spiro atoms. The number of carbonyl (C=O) groups excluding carboxylic acids is 2. The van der Waals surface area contributed by atoms with E-state index < -0.39 is 21.9 Å². The summed E-state index contributed by atoms with van der Waals surface area (Å²) in [6, 6.07) is 12.8. The lowest BCUT2D eigenvalue weighted by Gasteiger charge is -2.32. The van der Waals surface area contributed by atoms with Crippen LogP contribution in [0.25, 0.3) is 0 Å². The van der Waals surface area contributed by atoms with Crippen molar-refractivity contribution in [2.24, 2.45) is 0 Å². The van der Waals surface area contributed by atoms with E-state index in [-0.39, 0.29) is 29.2 Å². The highest BCUT2D eigenvalue weighted by Crippen LogP contribution is 2.25. The zero-order chi connectivity index (χ0) is 21.3. The van der Waals surface area contributed by atoms with Crippen LogP contribution in [-0.4, -0.2) is 49.7 Å². The molecule has 2 aliphatic heterocycles. The number of nitrogens with zero attached hydrogens (tertiary/aromatic N) is 2. The average molecular weight is 431 g/mol. The van der Waals surface area contributed by atoms with Gasteiger partial charge in [-0.25, -0.2) is 17.7 Å². The summed E-state index contributed by atoms with van der Waals surface area (Å²) in [5.41, 5.74) is 0.347. The van der Waals surface area contributed by atoms with E-state index in [0.29, 0.717) is 31.6 Å². The summed E-state index contributed by atoms with van der Waals surface area (Å²) in [5.74, 6) is -1.15. The summed E-state index contributed by atoms with van der Waals surface area (Å²) >= 11 is 0. The van der Waals surface area contributed by atoms with Crippen LogP contribution >= 0.6 is 0 Å². The van der Waals surface area contributed by atoms with Gasteiger partial charge in [-0.15, -0.1) is 0 Å². The van der Waals surface area contributed by atoms with Crippen molar-refractivity contribution in [3.63, 3.8) is 0 Å². The molecule has 7 nitrogen and oxygen atoms in total. The molecule has 30 heavy (non-hydrogen) atoms. The maximum Gasteiger partial charge on any atom is 0.251 e. The smallest absolute Gasteiger partial charge is 0.251 e. The zero-order valence-corrected chi connectivity index (χ0v) is 17.0. The number of hydrogen-bond donors (Lipinski definition) is 1. The number of benzene rings is 2. The lowest BCUT2D eigenvalue weighted by atomic mass is 10.1. The van der Waals surface area contributed by atoms with Gasteiger partial charge in [0.05, 0.1) is 23.0 Å². The molecule has 0 aromatic heterocycles. The van der Waals surface area contributed by atoms with Crippen LogP contribution in [0.2, 0.25) is 0 Å². The number of halogens is 1. The van der Waals surface area contributed by atoms with Crippen LogP contribution in [0.1, 0.15) is 19.3 Å². The summed E-state index contributed by atoms with van der Waals surface area (Å²) in [5, 5.41) is 3.21. The fourth-order valence-electron chi connectivity index (χ4n) is 3.91. The Hall–Kier alpha value is -2.62. The number of hydrogen-bond acceptors (Lipinski definition) is 5. The molecule has 0 unspecified atom stereocenters. The van der Waals surface area contributed by atoms with Crippen molar-refractivity contribution in [1.82, 2.24) is 9.62 Å². The number of carbonyl (C=O) groups is 2. The lowest BCUT2D eigenvalue weighted by Crippen LogP contribution is -2.49. The molecule has 2 saturated heterocycles. The maximum absolute atomic E-state index is 13.1. The Morgan fingerprint density at radius 1 is 0.933 bits per heavy atom. The molecule has 4 rings (SSSR count). The van der Waals surface area contributed by atoms with Gasteiger partial charge in [-0.05, 0) is 49.2 Å². The van der Waals surface area contributed by atoms with Crippen LogP contribution < -0.4 is 10.2 Å². The molecule has 2 aromatic rings. The van der Waals surface area contributed by atoms with Gasteiger partial charge in [0.2, 0.25) is 15.9 Å². The van der Waals surface area contributed by atoms with Crippen LogP contribution in [0.15, 0.2) is 59.5 Å². The van der Waals surface area contributed by atoms with Crippen LogP contribution in [0.5, 0.6) is 0 Å². The first-order chi connectivity index (χ1) is 14.4. The van der Waals surface area contributed by atoms with Gasteiger partial charge in [0.15, 0.2) is 0 Å². The van der Waals surface area contributed by atoms with Crippen molar-refractivity contribution in [2.45, 2.75) is 36.2 Å². The SMILES string of the molecule is O=C1C[C@@H](NC2CCN(S(=O)(=O)c3ccccc3)CC2)C(=O)N1c1ccc(F)cc1. The van der Waals surface area contributed by atoms with E-state index in [1.54, 1.807) is 30.3 Å². The van der Waals surface area contributed by atoms with Crippen LogP contribution in [0.3, 0.4) is 0 Å². The molecule has 2 heterocycles. The Bertz CT molecular complexity index is 1040. The molecular formula is C21H22FN3O4S. The Labute approximate surface area is 174 Å². The minimum Gasteiger partial charge on any atom is -0.303 e. The van der Waals surface area contributed by atoms with Crippen LogP contribution in [0, 0.1) is 5.82 Å². The van der Waals surface area contributed by atoms with Crippen molar-refractivity contribution >= 4 is 27.5 Å². The average Bonchev–Trinajstić information content (AvgIpc) is 3.03. The second-order valence-corrected chi connectivity index (χ2v) is 9.40. The van der Waals surface area contributed by atoms with Gasteiger partial charge in [-0.1, -0.05) is 18.2 Å². The summed E-state index contributed by atoms with van der Waals surface area (Å²) in [4.78, 5) is 26.4. The molecule has 9 heteroatoms. The van der Waals surface area contributed by atoms with Crippen molar-refractivity contribution in [1.29, 1.82) is 0 Å². The van der Waals surface area contributed by atoms with E-state index in [0.717, 1.165) is 4.90 Å². The summed E-state index contributed by atoms with van der Waals surface area (Å²) in [7, 11) is -3.53. The van der Waals surface area contributed by atoms with Gasteiger partial charge in [0.1, 0.15) is 5.82 Å². The largest absolute Gasteiger partial charge is 0.303 e. The fraction of sp³-hybridized carbons (Fsp3) is 0.333. The Balaban J connectivity index is 1.37. The molecule has 1 N–H and O–H groups in total. The standard InChI is InChI=1S/C21H22FN3O4S/c22-15-6-8-17(9-7-15)25-20(26)14-19(21(25)27)23-16-10-12-24(13-11-16)30(28,29)18-4-2-1-3-5-18/h1-9,16,19,23H,10-14H2/t19-/m1/s1. The number of anilines is 1. The van der Waals surface area contributed by atoms with E-state index >= 15 is 0 Å². The molecule has 0 radical (unpaired) electrons. The van der Waals surface area contributed by atoms with Gasteiger partial charge >= 0.3 is 0 Å². The van der Waals surface area contributed by atoms with Gasteiger partial charge in [-0.2, -0.15) is 4.31 Å². The molecule has 2 aliphatic rings. The van der Waals surface area contributed by atoms with Crippen molar-refractivity contribution in [2.75, 3.05) is 18.0 Å². The Morgan fingerprint density at radius 3 is 2.20 bits per heavy atom. The Morgan fingerprint density at radius 2 is 1.57 bits per heavy atom. The monoisotopic (exact) mass is 431 g/mol. The van der Waals surface area contributed by atoms with E-state index in [4.69, 9.17) is 0 Å². The Kier molecular flexibility index (Phi) is 5.68. The van der Waals surface area contributed by atoms with E-state index in [1.165, 1.54) is 28.6 Å². The normalized spacial score (nSPS) is 21.4. The number of amides is 2. The molecular weight excluding hydrogens is 409 g/mol. The molecule has 1 atom stereocenters.